The Bertz CT molecular complexity index is 644. The third-order valence-electron chi connectivity index (χ3n) is 6.26. The Labute approximate surface area is 187 Å². The number of aliphatic hydroxyl groups excluding tert-OH is 3. The number of carbonyl (C=O) groups is 1. The van der Waals surface area contributed by atoms with Gasteiger partial charge in [-0.2, -0.15) is 0 Å². The number of esters is 1. The van der Waals surface area contributed by atoms with Crippen LogP contribution in [0, 0.1) is 11.8 Å². The van der Waals surface area contributed by atoms with Crippen molar-refractivity contribution in [1.29, 1.82) is 0 Å². The maximum atomic E-state index is 11.5. The quantitative estimate of drug-likeness (QED) is 0.233. The number of ether oxygens (including phenoxy) is 1. The van der Waals surface area contributed by atoms with Gasteiger partial charge in [0.1, 0.15) is 0 Å². The van der Waals surface area contributed by atoms with E-state index in [-0.39, 0.29) is 17.8 Å². The lowest BCUT2D eigenvalue weighted by Crippen LogP contribution is -2.23. The molecule has 0 bridgehead atoms. The van der Waals surface area contributed by atoms with Gasteiger partial charge in [-0.15, -0.1) is 0 Å². The van der Waals surface area contributed by atoms with Crippen molar-refractivity contribution in [2.45, 2.75) is 89.4 Å². The van der Waals surface area contributed by atoms with Crippen molar-refractivity contribution in [2.75, 3.05) is 6.61 Å². The third kappa shape index (κ3) is 9.55. The first kappa shape index (κ1) is 25.6. The van der Waals surface area contributed by atoms with Gasteiger partial charge in [0.2, 0.25) is 0 Å². The maximum absolute atomic E-state index is 11.5. The van der Waals surface area contributed by atoms with Gasteiger partial charge in [-0.25, -0.2) is 0 Å². The van der Waals surface area contributed by atoms with Crippen LogP contribution in [0.5, 0.6) is 0 Å². The van der Waals surface area contributed by atoms with Crippen LogP contribution >= 0.6 is 0 Å². The number of aliphatic hydroxyl groups is 3. The van der Waals surface area contributed by atoms with Crippen LogP contribution in [0.25, 0.3) is 0 Å². The second kappa shape index (κ2) is 14.4. The molecule has 1 aromatic rings. The van der Waals surface area contributed by atoms with E-state index in [0.717, 1.165) is 32.1 Å². The van der Waals surface area contributed by atoms with Crippen molar-refractivity contribution < 1.29 is 24.9 Å². The molecule has 1 fully saturated rings. The molecule has 5 nitrogen and oxygen atoms in total. The molecule has 0 amide bonds. The van der Waals surface area contributed by atoms with Crippen molar-refractivity contribution in [3.05, 3.63) is 48.0 Å². The Morgan fingerprint density at radius 2 is 1.87 bits per heavy atom. The Hall–Kier alpha value is -1.69. The molecular weight excluding hydrogens is 392 g/mol. The molecule has 0 heterocycles. The summed E-state index contributed by atoms with van der Waals surface area (Å²) in [5.74, 6) is -0.118. The number of carbonyl (C=O) groups excluding carboxylic acids is 1. The molecule has 0 aromatic heterocycles. The predicted octanol–water partition coefficient (Wildman–Crippen LogP) is 4.19. The van der Waals surface area contributed by atoms with Crippen LogP contribution in [0.3, 0.4) is 0 Å². The Balaban J connectivity index is 1.69. The molecule has 1 aromatic carbocycles. The molecule has 1 aliphatic rings. The smallest absolute Gasteiger partial charge is 0.305 e. The molecule has 0 radical (unpaired) electrons. The average Bonchev–Trinajstić information content (AvgIpc) is 3.04. The van der Waals surface area contributed by atoms with Gasteiger partial charge in [-0.1, -0.05) is 49.4 Å². The van der Waals surface area contributed by atoms with E-state index in [1.54, 1.807) is 0 Å². The monoisotopic (exact) mass is 432 g/mol. The van der Waals surface area contributed by atoms with Crippen LogP contribution in [0.1, 0.15) is 70.3 Å². The molecule has 31 heavy (non-hydrogen) atoms. The van der Waals surface area contributed by atoms with Crippen LogP contribution in [0.4, 0.5) is 0 Å². The first-order valence-corrected chi connectivity index (χ1v) is 11.9. The lowest BCUT2D eigenvalue weighted by molar-refractivity contribution is -0.143. The number of hydrogen-bond donors (Lipinski definition) is 3. The fourth-order valence-electron chi connectivity index (χ4n) is 4.44. The highest BCUT2D eigenvalue weighted by atomic mass is 16.5. The molecule has 3 N–H and O–H groups in total. The van der Waals surface area contributed by atoms with Gasteiger partial charge in [-0.05, 0) is 75.2 Å². The molecule has 0 aliphatic heterocycles. The van der Waals surface area contributed by atoms with E-state index in [2.05, 4.69) is 24.3 Å². The Kier molecular flexibility index (Phi) is 11.9. The lowest BCUT2D eigenvalue weighted by Gasteiger charge is -2.23. The van der Waals surface area contributed by atoms with Gasteiger partial charge in [-0.3, -0.25) is 4.79 Å². The fourth-order valence-corrected chi connectivity index (χ4v) is 4.44. The summed E-state index contributed by atoms with van der Waals surface area (Å²) < 4.78 is 5.06. The first-order chi connectivity index (χ1) is 15.0. The Morgan fingerprint density at radius 1 is 1.13 bits per heavy atom. The molecule has 5 heteroatoms. The van der Waals surface area contributed by atoms with Crippen molar-refractivity contribution in [2.24, 2.45) is 11.8 Å². The van der Waals surface area contributed by atoms with Gasteiger partial charge in [0.25, 0.3) is 0 Å². The molecule has 0 unspecified atom stereocenters. The third-order valence-corrected chi connectivity index (χ3v) is 6.26. The summed E-state index contributed by atoms with van der Waals surface area (Å²) in [5, 5.41) is 31.2. The van der Waals surface area contributed by atoms with Crippen LogP contribution in [0.15, 0.2) is 42.5 Å². The SMILES string of the molecule is CCCOC(=O)CCCC=CC[C@@H]1[C@@H](CC[C@H](O)CCc2ccccc2)[C@H](O)C[C@@H]1O. The van der Waals surface area contributed by atoms with E-state index >= 15 is 0 Å². The Morgan fingerprint density at radius 3 is 2.61 bits per heavy atom. The van der Waals surface area contributed by atoms with Crippen molar-refractivity contribution in [1.82, 2.24) is 0 Å². The topological polar surface area (TPSA) is 87.0 Å². The van der Waals surface area contributed by atoms with Crippen LogP contribution < -0.4 is 0 Å². The number of benzene rings is 1. The normalized spacial score (nSPS) is 24.5. The summed E-state index contributed by atoms with van der Waals surface area (Å²) in [6.45, 7) is 2.46. The molecule has 0 saturated heterocycles. The van der Waals surface area contributed by atoms with Gasteiger partial charge in [0, 0.05) is 6.42 Å². The highest BCUT2D eigenvalue weighted by molar-refractivity contribution is 5.69. The second-order valence-electron chi connectivity index (χ2n) is 8.77. The first-order valence-electron chi connectivity index (χ1n) is 11.9. The minimum absolute atomic E-state index is 0.00930. The van der Waals surface area contributed by atoms with Crippen molar-refractivity contribution in [3.63, 3.8) is 0 Å². The van der Waals surface area contributed by atoms with Crippen LogP contribution in [-0.4, -0.2) is 46.2 Å². The standard InChI is InChI=1S/C26H40O5/c1-2-18-31-26(30)13-9-4-3-8-12-22-23(25(29)19-24(22)28)17-16-21(27)15-14-20-10-6-5-7-11-20/h3,5-8,10-11,21-25,27-29H,2,4,9,12-19H2,1H3/t21-,22-,23-,24+,25-/m1/s1. The maximum Gasteiger partial charge on any atom is 0.305 e. The van der Waals surface area contributed by atoms with E-state index < -0.39 is 18.3 Å². The summed E-state index contributed by atoms with van der Waals surface area (Å²) in [4.78, 5) is 11.5. The molecule has 2 rings (SSSR count). The predicted molar refractivity (Wildman–Crippen MR) is 122 cm³/mol. The zero-order valence-electron chi connectivity index (χ0n) is 18.9. The minimum Gasteiger partial charge on any atom is -0.466 e. The zero-order valence-corrected chi connectivity index (χ0v) is 18.9. The lowest BCUT2D eigenvalue weighted by atomic mass is 9.85. The fraction of sp³-hybridized carbons (Fsp3) is 0.654. The average molecular weight is 433 g/mol. The van der Waals surface area contributed by atoms with Gasteiger partial charge in [0.15, 0.2) is 0 Å². The van der Waals surface area contributed by atoms with Crippen molar-refractivity contribution >= 4 is 5.97 Å². The van der Waals surface area contributed by atoms with E-state index in [1.807, 2.05) is 25.1 Å². The van der Waals surface area contributed by atoms with Crippen LogP contribution in [-0.2, 0) is 16.0 Å². The van der Waals surface area contributed by atoms with Gasteiger partial charge < -0.3 is 20.1 Å². The summed E-state index contributed by atoms with van der Waals surface area (Å²) >= 11 is 0. The second-order valence-corrected chi connectivity index (χ2v) is 8.77. The zero-order chi connectivity index (χ0) is 22.5. The highest BCUT2D eigenvalue weighted by Gasteiger charge is 2.40. The molecule has 5 atom stereocenters. The number of rotatable bonds is 14. The van der Waals surface area contributed by atoms with Gasteiger partial charge >= 0.3 is 5.97 Å². The summed E-state index contributed by atoms with van der Waals surface area (Å²) in [6, 6.07) is 10.1. The summed E-state index contributed by atoms with van der Waals surface area (Å²) in [5.41, 5.74) is 1.22. The molecule has 174 valence electrons. The number of allylic oxidation sites excluding steroid dienone is 2. The molecular formula is C26H40O5. The van der Waals surface area contributed by atoms with Crippen LogP contribution in [0.2, 0.25) is 0 Å². The molecule has 0 spiro atoms. The largest absolute Gasteiger partial charge is 0.466 e. The van der Waals surface area contributed by atoms with Crippen molar-refractivity contribution in [3.8, 4) is 0 Å². The van der Waals surface area contributed by atoms with E-state index in [9.17, 15) is 20.1 Å². The molecule has 1 aliphatic carbocycles. The number of aryl methyl sites for hydroxylation is 1. The van der Waals surface area contributed by atoms with E-state index in [1.165, 1.54) is 5.56 Å². The van der Waals surface area contributed by atoms with Gasteiger partial charge in [0.05, 0.1) is 24.9 Å². The number of unbranched alkanes of at least 4 members (excludes halogenated alkanes) is 1. The summed E-state index contributed by atoms with van der Waals surface area (Å²) in [6.07, 6.45) is 9.56. The summed E-state index contributed by atoms with van der Waals surface area (Å²) in [7, 11) is 0. The van der Waals surface area contributed by atoms with E-state index in [0.29, 0.717) is 38.7 Å². The highest BCUT2D eigenvalue weighted by Crippen LogP contribution is 2.38. The minimum atomic E-state index is -0.511. The van der Waals surface area contributed by atoms with E-state index in [4.69, 9.17) is 4.74 Å². The molecule has 1 saturated carbocycles. The number of hydrogen-bond acceptors (Lipinski definition) is 5.